The molecule has 2 aliphatic rings. The van der Waals surface area contributed by atoms with Gasteiger partial charge in [-0.15, -0.1) is 0 Å². The summed E-state index contributed by atoms with van der Waals surface area (Å²) >= 11 is 0. The van der Waals surface area contributed by atoms with E-state index in [1.54, 1.807) is 10.9 Å². The number of carbonyl (C=O) groups is 2. The fraction of sp³-hybridized carbons (Fsp3) is 0.450. The summed E-state index contributed by atoms with van der Waals surface area (Å²) in [4.78, 5) is 24.1. The second-order valence-corrected chi connectivity index (χ2v) is 7.55. The largest absolute Gasteiger partial charge is 0.481 e. The summed E-state index contributed by atoms with van der Waals surface area (Å²) in [5.41, 5.74) is 2.15. The van der Waals surface area contributed by atoms with E-state index in [1.165, 1.54) is 0 Å². The zero-order valence-electron chi connectivity index (χ0n) is 14.8. The molecule has 0 radical (unpaired) electrons. The van der Waals surface area contributed by atoms with Crippen molar-refractivity contribution in [3.05, 3.63) is 53.3 Å². The number of carboxylic acids is 1. The summed E-state index contributed by atoms with van der Waals surface area (Å²) in [6, 6.07) is 9.94. The van der Waals surface area contributed by atoms with Gasteiger partial charge in [0.2, 0.25) is 0 Å². The van der Waals surface area contributed by atoms with Gasteiger partial charge < -0.3 is 10.4 Å². The maximum absolute atomic E-state index is 12.7. The predicted octanol–water partition coefficient (Wildman–Crippen LogP) is 2.61. The van der Waals surface area contributed by atoms with Crippen LogP contribution in [0.5, 0.6) is 0 Å². The molecule has 0 bridgehead atoms. The standard InChI is InChI=1S/C20H23N3O3/c1-13-15(12-23(22-13)11-14-6-3-2-4-7-14)18(24)21-17-10-16(19(25)26)20(17)8-5-9-20/h2-4,6-7,12,16-17H,5,8-11H2,1H3,(H,21,24)(H,25,26)/t16-,17-/m1/s1. The van der Waals surface area contributed by atoms with Gasteiger partial charge in [0.1, 0.15) is 0 Å². The summed E-state index contributed by atoms with van der Waals surface area (Å²) in [6.07, 6.45) is 5.13. The van der Waals surface area contributed by atoms with Gasteiger partial charge in [0.15, 0.2) is 0 Å². The first-order valence-corrected chi connectivity index (χ1v) is 9.11. The number of carbonyl (C=O) groups excluding carboxylic acids is 1. The number of aromatic nitrogens is 2. The van der Waals surface area contributed by atoms with E-state index < -0.39 is 5.97 Å². The summed E-state index contributed by atoms with van der Waals surface area (Å²) < 4.78 is 1.78. The summed E-state index contributed by atoms with van der Waals surface area (Å²) in [5.74, 6) is -1.20. The topological polar surface area (TPSA) is 84.2 Å². The van der Waals surface area contributed by atoms with Crippen LogP contribution in [0.15, 0.2) is 36.5 Å². The molecule has 2 N–H and O–H groups in total. The lowest BCUT2D eigenvalue weighted by atomic mass is 9.47. The molecule has 0 unspecified atom stereocenters. The molecule has 2 fully saturated rings. The molecule has 2 atom stereocenters. The molecule has 2 aromatic rings. The highest BCUT2D eigenvalue weighted by Gasteiger charge is 2.61. The molecule has 1 aromatic heterocycles. The highest BCUT2D eigenvalue weighted by molar-refractivity contribution is 5.95. The molecule has 0 saturated heterocycles. The van der Waals surface area contributed by atoms with E-state index in [9.17, 15) is 14.7 Å². The molecule has 136 valence electrons. The van der Waals surface area contributed by atoms with Crippen LogP contribution in [0.3, 0.4) is 0 Å². The molecule has 26 heavy (non-hydrogen) atoms. The first kappa shape index (κ1) is 16.8. The second kappa shape index (κ2) is 6.27. The lowest BCUT2D eigenvalue weighted by molar-refractivity contribution is -0.167. The number of aryl methyl sites for hydroxylation is 1. The molecular weight excluding hydrogens is 330 g/mol. The van der Waals surface area contributed by atoms with E-state index in [1.807, 2.05) is 37.3 Å². The van der Waals surface area contributed by atoms with Crippen LogP contribution in [0.25, 0.3) is 0 Å². The molecule has 6 nitrogen and oxygen atoms in total. The van der Waals surface area contributed by atoms with Crippen LogP contribution in [-0.4, -0.2) is 32.8 Å². The van der Waals surface area contributed by atoms with E-state index >= 15 is 0 Å². The van der Waals surface area contributed by atoms with Crippen LogP contribution < -0.4 is 5.32 Å². The molecule has 1 spiro atoms. The molecule has 2 aliphatic carbocycles. The number of amides is 1. The number of rotatable bonds is 5. The van der Waals surface area contributed by atoms with Gasteiger partial charge in [0, 0.05) is 17.7 Å². The van der Waals surface area contributed by atoms with E-state index in [2.05, 4.69) is 10.4 Å². The Morgan fingerprint density at radius 1 is 1.31 bits per heavy atom. The maximum Gasteiger partial charge on any atom is 0.307 e. The van der Waals surface area contributed by atoms with Gasteiger partial charge in [-0.3, -0.25) is 14.3 Å². The predicted molar refractivity (Wildman–Crippen MR) is 95.8 cm³/mol. The van der Waals surface area contributed by atoms with E-state index in [0.29, 0.717) is 24.2 Å². The van der Waals surface area contributed by atoms with E-state index in [4.69, 9.17) is 0 Å². The monoisotopic (exact) mass is 353 g/mol. The molecule has 1 heterocycles. The van der Waals surface area contributed by atoms with Crippen LogP contribution in [0.1, 0.15) is 47.3 Å². The first-order chi connectivity index (χ1) is 12.5. The van der Waals surface area contributed by atoms with Crippen molar-refractivity contribution in [3.63, 3.8) is 0 Å². The second-order valence-electron chi connectivity index (χ2n) is 7.55. The lowest BCUT2D eigenvalue weighted by Crippen LogP contribution is -2.66. The van der Waals surface area contributed by atoms with Crippen LogP contribution in [0.4, 0.5) is 0 Å². The summed E-state index contributed by atoms with van der Waals surface area (Å²) in [6.45, 7) is 2.44. The van der Waals surface area contributed by atoms with Gasteiger partial charge in [-0.2, -0.15) is 5.10 Å². The summed E-state index contributed by atoms with van der Waals surface area (Å²) in [5, 5.41) is 16.9. The number of hydrogen-bond donors (Lipinski definition) is 2. The average molecular weight is 353 g/mol. The third kappa shape index (κ3) is 2.69. The van der Waals surface area contributed by atoms with Crippen molar-refractivity contribution in [1.29, 1.82) is 0 Å². The molecule has 4 rings (SSSR count). The Balaban J connectivity index is 1.45. The molecule has 1 aromatic carbocycles. The first-order valence-electron chi connectivity index (χ1n) is 9.11. The molecule has 6 heteroatoms. The maximum atomic E-state index is 12.7. The zero-order chi connectivity index (χ0) is 18.3. The fourth-order valence-corrected chi connectivity index (χ4v) is 4.45. The van der Waals surface area contributed by atoms with Gasteiger partial charge in [0.05, 0.1) is 23.7 Å². The van der Waals surface area contributed by atoms with Crippen LogP contribution in [-0.2, 0) is 11.3 Å². The molecule has 0 aliphatic heterocycles. The van der Waals surface area contributed by atoms with Crippen LogP contribution in [0, 0.1) is 18.3 Å². The number of nitrogens with one attached hydrogen (secondary N) is 1. The molecule has 1 amide bonds. The van der Waals surface area contributed by atoms with Crippen molar-refractivity contribution in [1.82, 2.24) is 15.1 Å². The molecular formula is C20H23N3O3. The lowest BCUT2D eigenvalue weighted by Gasteiger charge is -2.59. The average Bonchev–Trinajstić information content (AvgIpc) is 2.90. The Morgan fingerprint density at radius 2 is 2.04 bits per heavy atom. The van der Waals surface area contributed by atoms with Crippen molar-refractivity contribution < 1.29 is 14.7 Å². The Labute approximate surface area is 152 Å². The minimum Gasteiger partial charge on any atom is -0.481 e. The van der Waals surface area contributed by atoms with Crippen molar-refractivity contribution >= 4 is 11.9 Å². The zero-order valence-corrected chi connectivity index (χ0v) is 14.8. The van der Waals surface area contributed by atoms with Crippen molar-refractivity contribution in [2.75, 3.05) is 0 Å². The normalized spacial score (nSPS) is 23.1. The van der Waals surface area contributed by atoms with Gasteiger partial charge in [-0.25, -0.2) is 0 Å². The van der Waals surface area contributed by atoms with Crippen molar-refractivity contribution in [3.8, 4) is 0 Å². The number of carboxylic acid groups (broad SMARTS) is 1. The third-order valence-corrected chi connectivity index (χ3v) is 6.13. The molecule has 2 saturated carbocycles. The van der Waals surface area contributed by atoms with Gasteiger partial charge in [-0.05, 0) is 31.7 Å². The Kier molecular flexibility index (Phi) is 4.05. The van der Waals surface area contributed by atoms with E-state index in [0.717, 1.165) is 24.8 Å². The smallest absolute Gasteiger partial charge is 0.307 e. The Morgan fingerprint density at radius 3 is 2.65 bits per heavy atom. The quantitative estimate of drug-likeness (QED) is 0.865. The summed E-state index contributed by atoms with van der Waals surface area (Å²) in [7, 11) is 0. The van der Waals surface area contributed by atoms with Crippen molar-refractivity contribution in [2.45, 2.75) is 45.2 Å². The van der Waals surface area contributed by atoms with Crippen LogP contribution in [0.2, 0.25) is 0 Å². The minimum absolute atomic E-state index is 0.0401. The van der Waals surface area contributed by atoms with E-state index in [-0.39, 0.29) is 23.3 Å². The third-order valence-electron chi connectivity index (χ3n) is 6.13. The van der Waals surface area contributed by atoms with Gasteiger partial charge in [0.25, 0.3) is 5.91 Å². The SMILES string of the molecule is Cc1nn(Cc2ccccc2)cc1C(=O)N[C@@H]1C[C@H](C(=O)O)C12CCC2. The minimum atomic E-state index is -0.734. The number of hydrogen-bond acceptors (Lipinski definition) is 3. The van der Waals surface area contributed by atoms with Gasteiger partial charge >= 0.3 is 5.97 Å². The van der Waals surface area contributed by atoms with Crippen LogP contribution >= 0.6 is 0 Å². The van der Waals surface area contributed by atoms with Crippen molar-refractivity contribution in [2.24, 2.45) is 11.3 Å². The number of aliphatic carboxylic acids is 1. The highest BCUT2D eigenvalue weighted by atomic mass is 16.4. The Bertz CT molecular complexity index is 839. The Hall–Kier alpha value is -2.63. The number of nitrogens with zero attached hydrogens (tertiary/aromatic N) is 2. The highest BCUT2D eigenvalue weighted by Crippen LogP contribution is 2.59. The number of benzene rings is 1. The fourth-order valence-electron chi connectivity index (χ4n) is 4.45. The van der Waals surface area contributed by atoms with Gasteiger partial charge in [-0.1, -0.05) is 36.8 Å².